The van der Waals surface area contributed by atoms with Gasteiger partial charge in [-0.15, -0.1) is 10.2 Å². The van der Waals surface area contributed by atoms with Gasteiger partial charge in [-0.25, -0.2) is 0 Å². The second-order valence-electron chi connectivity index (χ2n) is 7.03. The number of nitrogens with one attached hydrogen (secondary N) is 2. The molecule has 4 aromatic rings. The van der Waals surface area contributed by atoms with E-state index >= 15 is 0 Å². The molecule has 0 aliphatic rings. The van der Waals surface area contributed by atoms with Gasteiger partial charge in [-0.05, 0) is 48.5 Å². The molecule has 4 rings (SSSR count). The molecule has 0 bridgehead atoms. The molecule has 0 saturated heterocycles. The number of hydrazine groups is 1. The maximum absolute atomic E-state index is 12.3. The first-order chi connectivity index (χ1) is 17.1. The number of hydrogen-bond donors (Lipinski definition) is 2. The second kappa shape index (κ2) is 11.4. The van der Waals surface area contributed by atoms with Crippen molar-refractivity contribution in [2.45, 2.75) is 5.16 Å². The van der Waals surface area contributed by atoms with Crippen LogP contribution in [0.1, 0.15) is 5.56 Å². The van der Waals surface area contributed by atoms with Gasteiger partial charge in [-0.3, -0.25) is 30.0 Å². The number of aromatic nitrogens is 4. The van der Waals surface area contributed by atoms with Gasteiger partial charge < -0.3 is 4.74 Å². The summed E-state index contributed by atoms with van der Waals surface area (Å²) >= 11 is 1.18. The summed E-state index contributed by atoms with van der Waals surface area (Å²) in [5, 5.41) is 17.9. The third-order valence-corrected chi connectivity index (χ3v) is 5.52. The monoisotopic (exact) mass is 485 g/mol. The average molecular weight is 486 g/mol. The molecule has 10 nitrogen and oxygen atoms in total. The Morgan fingerprint density at radius 3 is 2.46 bits per heavy atom. The van der Waals surface area contributed by atoms with Gasteiger partial charge in [-0.2, -0.15) is 5.26 Å². The van der Waals surface area contributed by atoms with Crippen molar-refractivity contribution in [3.8, 4) is 28.9 Å². The van der Waals surface area contributed by atoms with E-state index in [9.17, 15) is 9.59 Å². The van der Waals surface area contributed by atoms with Gasteiger partial charge in [0.05, 0.1) is 17.4 Å². The van der Waals surface area contributed by atoms with Gasteiger partial charge in [0.25, 0.3) is 5.91 Å². The van der Waals surface area contributed by atoms with E-state index in [2.05, 4.69) is 26.0 Å². The number of amides is 2. The summed E-state index contributed by atoms with van der Waals surface area (Å²) in [6.07, 6.45) is 3.37. The zero-order chi connectivity index (χ0) is 24.5. The fourth-order valence-electron chi connectivity index (χ4n) is 2.97. The number of carbonyl (C=O) groups excluding carboxylic acids is 2. The number of thioether (sulfide) groups is 1. The molecule has 0 saturated carbocycles. The number of hydrogen-bond acceptors (Lipinski definition) is 8. The number of nitrogens with zero attached hydrogens (tertiary/aromatic N) is 5. The van der Waals surface area contributed by atoms with E-state index in [0.29, 0.717) is 22.3 Å². The zero-order valence-corrected chi connectivity index (χ0v) is 19.1. The Bertz CT molecular complexity index is 1340. The van der Waals surface area contributed by atoms with E-state index in [0.717, 1.165) is 11.3 Å². The van der Waals surface area contributed by atoms with Crippen molar-refractivity contribution < 1.29 is 14.3 Å². The third kappa shape index (κ3) is 6.21. The minimum absolute atomic E-state index is 0.00519. The topological polar surface area (TPSA) is 135 Å². The van der Waals surface area contributed by atoms with E-state index in [1.54, 1.807) is 36.7 Å². The van der Waals surface area contributed by atoms with Crippen LogP contribution >= 0.6 is 11.8 Å². The molecule has 2 N–H and O–H groups in total. The highest BCUT2D eigenvalue weighted by Crippen LogP contribution is 2.27. The SMILES string of the molecule is N#Cc1ccc(OCC(=O)NNC(=O)CSc2nnc(-c3cccnc3)n2-c2ccccc2)cc1. The van der Waals surface area contributed by atoms with Gasteiger partial charge in [0, 0.05) is 23.6 Å². The summed E-state index contributed by atoms with van der Waals surface area (Å²) in [7, 11) is 0. The molecule has 174 valence electrons. The average Bonchev–Trinajstić information content (AvgIpc) is 3.35. The lowest BCUT2D eigenvalue weighted by Gasteiger charge is -2.11. The zero-order valence-electron chi connectivity index (χ0n) is 18.3. The first-order valence-corrected chi connectivity index (χ1v) is 11.4. The number of pyridine rings is 1. The highest BCUT2D eigenvalue weighted by atomic mass is 32.2. The highest BCUT2D eigenvalue weighted by molar-refractivity contribution is 7.99. The Morgan fingerprint density at radius 1 is 0.971 bits per heavy atom. The Hall–Kier alpha value is -4.69. The molecule has 0 radical (unpaired) electrons. The van der Waals surface area contributed by atoms with E-state index in [1.165, 1.54) is 11.8 Å². The van der Waals surface area contributed by atoms with Crippen molar-refractivity contribution in [3.05, 3.63) is 84.7 Å². The van der Waals surface area contributed by atoms with Crippen molar-refractivity contribution in [1.82, 2.24) is 30.6 Å². The molecule has 0 aliphatic heterocycles. The number of rotatable bonds is 8. The summed E-state index contributed by atoms with van der Waals surface area (Å²) in [6.45, 7) is -0.296. The number of ether oxygens (including phenoxy) is 1. The number of para-hydroxylation sites is 1. The predicted molar refractivity (Wildman–Crippen MR) is 128 cm³/mol. The molecular weight excluding hydrogens is 466 g/mol. The lowest BCUT2D eigenvalue weighted by Crippen LogP contribution is -2.44. The summed E-state index contributed by atoms with van der Waals surface area (Å²) in [4.78, 5) is 28.4. The number of carbonyl (C=O) groups is 2. The van der Waals surface area contributed by atoms with Gasteiger partial charge >= 0.3 is 0 Å². The van der Waals surface area contributed by atoms with Gasteiger partial charge in [0.2, 0.25) is 5.91 Å². The molecule has 11 heteroatoms. The maximum atomic E-state index is 12.3. The Kier molecular flexibility index (Phi) is 7.67. The van der Waals surface area contributed by atoms with Crippen molar-refractivity contribution in [2.24, 2.45) is 0 Å². The molecule has 0 fully saturated rings. The van der Waals surface area contributed by atoms with Gasteiger partial charge in [-0.1, -0.05) is 30.0 Å². The first-order valence-electron chi connectivity index (χ1n) is 10.4. The molecule has 0 aliphatic carbocycles. The fraction of sp³-hybridized carbons (Fsp3) is 0.0833. The fourth-order valence-corrected chi connectivity index (χ4v) is 3.72. The second-order valence-corrected chi connectivity index (χ2v) is 7.97. The van der Waals surface area contributed by atoms with Crippen LogP contribution < -0.4 is 15.6 Å². The summed E-state index contributed by atoms with van der Waals surface area (Å²) in [5.74, 6) is 0.0758. The maximum Gasteiger partial charge on any atom is 0.276 e. The van der Waals surface area contributed by atoms with Crippen molar-refractivity contribution in [2.75, 3.05) is 12.4 Å². The van der Waals surface area contributed by atoms with Crippen molar-refractivity contribution >= 4 is 23.6 Å². The Labute approximate surface area is 204 Å². The van der Waals surface area contributed by atoms with Crippen molar-refractivity contribution in [1.29, 1.82) is 5.26 Å². The molecular formula is C24H19N7O3S. The number of benzene rings is 2. The standard InChI is InChI=1S/C24H19N7O3S/c25-13-17-8-10-20(11-9-17)34-15-21(32)27-28-22(33)16-35-24-30-29-23(18-5-4-12-26-14-18)31(24)19-6-2-1-3-7-19/h1-12,14H,15-16H2,(H,27,32)(H,28,33). The van der Waals surface area contributed by atoms with Gasteiger partial charge in [0.1, 0.15) is 5.75 Å². The lowest BCUT2D eigenvalue weighted by atomic mass is 10.2. The molecule has 2 heterocycles. The van der Waals surface area contributed by atoms with Crippen LogP contribution in [0.3, 0.4) is 0 Å². The minimum Gasteiger partial charge on any atom is -0.484 e. The van der Waals surface area contributed by atoms with Crippen LogP contribution in [0.5, 0.6) is 5.75 Å². The molecule has 0 atom stereocenters. The van der Waals surface area contributed by atoms with Gasteiger partial charge in [0.15, 0.2) is 17.6 Å². The lowest BCUT2D eigenvalue weighted by molar-refractivity contribution is -0.128. The molecule has 0 unspecified atom stereocenters. The van der Waals surface area contributed by atoms with Crippen molar-refractivity contribution in [3.63, 3.8) is 0 Å². The minimum atomic E-state index is -0.529. The third-order valence-electron chi connectivity index (χ3n) is 4.59. The van der Waals surface area contributed by atoms with E-state index < -0.39 is 11.8 Å². The molecule has 0 spiro atoms. The molecule has 2 aromatic carbocycles. The summed E-state index contributed by atoms with van der Waals surface area (Å²) in [6, 6.07) is 21.6. The molecule has 35 heavy (non-hydrogen) atoms. The van der Waals surface area contributed by atoms with Crippen LogP contribution in [0.15, 0.2) is 84.3 Å². The Morgan fingerprint density at radius 2 is 1.74 bits per heavy atom. The normalized spacial score (nSPS) is 10.3. The van der Waals surface area contributed by atoms with E-state index in [4.69, 9.17) is 10.00 Å². The first kappa shape index (κ1) is 23.5. The Balaban J connectivity index is 1.33. The van der Waals surface area contributed by atoms with Crippen LogP contribution in [-0.4, -0.2) is 43.9 Å². The quantitative estimate of drug-likeness (QED) is 0.287. The van der Waals surface area contributed by atoms with Crippen LogP contribution in [0.25, 0.3) is 17.1 Å². The highest BCUT2D eigenvalue weighted by Gasteiger charge is 2.17. The summed E-state index contributed by atoms with van der Waals surface area (Å²) in [5.41, 5.74) is 6.78. The van der Waals surface area contributed by atoms with E-state index in [1.807, 2.05) is 53.1 Å². The van der Waals surface area contributed by atoms with Crippen LogP contribution in [0, 0.1) is 11.3 Å². The predicted octanol–water partition coefficient (Wildman–Crippen LogP) is 2.52. The molecule has 2 amide bonds. The van der Waals surface area contributed by atoms with Crippen LogP contribution in [-0.2, 0) is 9.59 Å². The van der Waals surface area contributed by atoms with Crippen LogP contribution in [0.4, 0.5) is 0 Å². The van der Waals surface area contributed by atoms with Crippen LogP contribution in [0.2, 0.25) is 0 Å². The summed E-state index contributed by atoms with van der Waals surface area (Å²) < 4.78 is 7.18. The smallest absolute Gasteiger partial charge is 0.276 e. The van der Waals surface area contributed by atoms with E-state index in [-0.39, 0.29) is 12.4 Å². The molecule has 2 aromatic heterocycles. The largest absolute Gasteiger partial charge is 0.484 e. The number of nitriles is 1.